The first-order chi connectivity index (χ1) is 9.93. The number of methoxy groups -OCH3 is 1. The Morgan fingerprint density at radius 1 is 1.52 bits per heavy atom. The summed E-state index contributed by atoms with van der Waals surface area (Å²) in [6.07, 6.45) is 5.85. The summed E-state index contributed by atoms with van der Waals surface area (Å²) in [6, 6.07) is 0. The van der Waals surface area contributed by atoms with Crippen molar-refractivity contribution in [3.63, 3.8) is 0 Å². The molecule has 0 aromatic carbocycles. The second-order valence-electron chi connectivity index (χ2n) is 6.33. The molecule has 1 aliphatic carbocycles. The summed E-state index contributed by atoms with van der Waals surface area (Å²) < 4.78 is 5.43. The monoisotopic (exact) mass is 291 g/mol. The van der Waals surface area contributed by atoms with Crippen LogP contribution in [0.15, 0.2) is 6.20 Å². The fraction of sp³-hybridized carbons (Fsp3) is 0.647. The van der Waals surface area contributed by atoms with Crippen LogP contribution in [-0.4, -0.2) is 23.2 Å². The van der Waals surface area contributed by atoms with E-state index >= 15 is 0 Å². The quantitative estimate of drug-likeness (QED) is 0.901. The van der Waals surface area contributed by atoms with Gasteiger partial charge >= 0.3 is 5.97 Å². The molecule has 1 heterocycles. The first-order valence-corrected chi connectivity index (χ1v) is 7.66. The Kier molecular flexibility index (Phi) is 4.55. The zero-order chi connectivity index (χ0) is 15.6. The lowest BCUT2D eigenvalue weighted by molar-refractivity contribution is -0.148. The van der Waals surface area contributed by atoms with Crippen LogP contribution in [0.2, 0.25) is 0 Å². The van der Waals surface area contributed by atoms with Gasteiger partial charge in [0, 0.05) is 29.4 Å². The van der Waals surface area contributed by atoms with Gasteiger partial charge in [0.15, 0.2) is 0 Å². The molecule has 0 bridgehead atoms. The highest BCUT2D eigenvalue weighted by Gasteiger charge is 2.45. The van der Waals surface area contributed by atoms with Crippen molar-refractivity contribution < 1.29 is 14.6 Å². The molecule has 0 saturated heterocycles. The average molecular weight is 291 g/mol. The van der Waals surface area contributed by atoms with E-state index in [0.29, 0.717) is 12.3 Å². The number of carboxylic acids is 1. The molecule has 2 unspecified atom stereocenters. The lowest BCUT2D eigenvalue weighted by atomic mass is 9.79. The van der Waals surface area contributed by atoms with Crippen molar-refractivity contribution in [3.05, 3.63) is 23.0 Å². The van der Waals surface area contributed by atoms with Gasteiger partial charge in [0.05, 0.1) is 12.5 Å². The number of ether oxygens (including phenoxy) is 1. The Balaban J connectivity index is 2.33. The van der Waals surface area contributed by atoms with E-state index in [0.717, 1.165) is 48.3 Å². The molecular formula is C17H25NO3. The summed E-state index contributed by atoms with van der Waals surface area (Å²) in [5.41, 5.74) is 2.16. The second-order valence-corrected chi connectivity index (χ2v) is 6.33. The van der Waals surface area contributed by atoms with E-state index in [4.69, 9.17) is 4.74 Å². The Labute approximate surface area is 126 Å². The number of rotatable bonds is 5. The molecule has 1 N–H and O–H groups in total. The van der Waals surface area contributed by atoms with E-state index in [1.807, 2.05) is 13.8 Å². The third-order valence-electron chi connectivity index (χ3n) is 5.00. The van der Waals surface area contributed by atoms with Crippen LogP contribution in [0.1, 0.15) is 49.4 Å². The highest BCUT2D eigenvalue weighted by Crippen LogP contribution is 2.46. The lowest BCUT2D eigenvalue weighted by Gasteiger charge is -2.25. The predicted octanol–water partition coefficient (Wildman–Crippen LogP) is 3.53. The smallest absolute Gasteiger partial charge is 0.310 e. The summed E-state index contributed by atoms with van der Waals surface area (Å²) in [4.78, 5) is 16.3. The molecular weight excluding hydrogens is 266 g/mol. The van der Waals surface area contributed by atoms with E-state index in [1.54, 1.807) is 13.3 Å². The largest absolute Gasteiger partial charge is 0.496 e. The average Bonchev–Trinajstić information content (AvgIpc) is 2.87. The Bertz CT molecular complexity index is 541. The van der Waals surface area contributed by atoms with Crippen LogP contribution in [0.25, 0.3) is 0 Å². The van der Waals surface area contributed by atoms with Crippen molar-refractivity contribution in [2.24, 2.45) is 11.3 Å². The van der Waals surface area contributed by atoms with Crippen LogP contribution in [0.5, 0.6) is 5.75 Å². The molecule has 2 atom stereocenters. The molecule has 1 saturated carbocycles. The minimum atomic E-state index is -0.681. The molecule has 4 nitrogen and oxygen atoms in total. The molecule has 2 rings (SSSR count). The van der Waals surface area contributed by atoms with Crippen LogP contribution in [-0.2, 0) is 11.2 Å². The highest BCUT2D eigenvalue weighted by atomic mass is 16.5. The third-order valence-corrected chi connectivity index (χ3v) is 5.00. The summed E-state index contributed by atoms with van der Waals surface area (Å²) in [7, 11) is 1.65. The highest BCUT2D eigenvalue weighted by molar-refractivity contribution is 5.75. The Morgan fingerprint density at radius 2 is 2.24 bits per heavy atom. The molecule has 116 valence electrons. The van der Waals surface area contributed by atoms with Gasteiger partial charge in [-0.1, -0.05) is 13.3 Å². The van der Waals surface area contributed by atoms with Gasteiger partial charge in [-0.2, -0.15) is 0 Å². The summed E-state index contributed by atoms with van der Waals surface area (Å²) in [5.74, 6) is 0.665. The van der Waals surface area contributed by atoms with Gasteiger partial charge in [0.1, 0.15) is 5.75 Å². The van der Waals surface area contributed by atoms with Crippen LogP contribution < -0.4 is 4.74 Å². The molecule has 1 aromatic rings. The van der Waals surface area contributed by atoms with Gasteiger partial charge in [-0.15, -0.1) is 0 Å². The van der Waals surface area contributed by atoms with Crippen molar-refractivity contribution in [2.45, 2.75) is 52.9 Å². The number of nitrogens with zero attached hydrogens (tertiary/aromatic N) is 1. The van der Waals surface area contributed by atoms with Crippen LogP contribution in [0.3, 0.4) is 0 Å². The van der Waals surface area contributed by atoms with Crippen LogP contribution >= 0.6 is 0 Å². The topological polar surface area (TPSA) is 59.4 Å². The molecule has 1 aliphatic rings. The number of hydrogen-bond acceptors (Lipinski definition) is 3. The van der Waals surface area contributed by atoms with E-state index < -0.39 is 11.4 Å². The number of aromatic nitrogens is 1. The van der Waals surface area contributed by atoms with Crippen molar-refractivity contribution >= 4 is 5.97 Å². The fourth-order valence-electron chi connectivity index (χ4n) is 3.59. The molecule has 1 fully saturated rings. The number of carboxylic acid groups (broad SMARTS) is 1. The maximum absolute atomic E-state index is 11.9. The predicted molar refractivity (Wildman–Crippen MR) is 81.7 cm³/mol. The van der Waals surface area contributed by atoms with Crippen LogP contribution in [0.4, 0.5) is 0 Å². The number of aliphatic carboxylic acids is 1. The molecule has 0 aliphatic heterocycles. The first-order valence-electron chi connectivity index (χ1n) is 7.66. The number of hydrogen-bond donors (Lipinski definition) is 1. The second kappa shape index (κ2) is 6.04. The van der Waals surface area contributed by atoms with Crippen LogP contribution in [0, 0.1) is 25.2 Å². The molecule has 0 spiro atoms. The van der Waals surface area contributed by atoms with Crippen molar-refractivity contribution in [2.75, 3.05) is 7.11 Å². The van der Waals surface area contributed by atoms with Gasteiger partial charge in [-0.25, -0.2) is 0 Å². The van der Waals surface area contributed by atoms with Gasteiger partial charge in [-0.3, -0.25) is 9.78 Å². The molecule has 0 amide bonds. The normalized spacial score (nSPS) is 25.0. The zero-order valence-corrected chi connectivity index (χ0v) is 13.4. The van der Waals surface area contributed by atoms with Crippen molar-refractivity contribution in [1.82, 2.24) is 4.98 Å². The van der Waals surface area contributed by atoms with Gasteiger partial charge in [0.25, 0.3) is 0 Å². The SMILES string of the molecule is CCC1CCC(Cc2ncc(C)c(OC)c2C)(C(=O)O)C1. The third kappa shape index (κ3) is 2.89. The van der Waals surface area contributed by atoms with Gasteiger partial charge in [0.2, 0.25) is 0 Å². The number of carbonyl (C=O) groups is 1. The fourth-order valence-corrected chi connectivity index (χ4v) is 3.59. The molecule has 4 heteroatoms. The maximum atomic E-state index is 11.9. The number of aryl methyl sites for hydroxylation is 1. The minimum Gasteiger partial charge on any atom is -0.496 e. The van der Waals surface area contributed by atoms with E-state index in [-0.39, 0.29) is 0 Å². The maximum Gasteiger partial charge on any atom is 0.310 e. The van der Waals surface area contributed by atoms with E-state index in [9.17, 15) is 9.90 Å². The van der Waals surface area contributed by atoms with Crippen molar-refractivity contribution in [3.8, 4) is 5.75 Å². The summed E-state index contributed by atoms with van der Waals surface area (Å²) in [6.45, 7) is 6.06. The van der Waals surface area contributed by atoms with E-state index in [2.05, 4.69) is 11.9 Å². The Morgan fingerprint density at radius 3 is 2.76 bits per heavy atom. The molecule has 1 aromatic heterocycles. The first kappa shape index (κ1) is 15.8. The van der Waals surface area contributed by atoms with E-state index in [1.165, 1.54) is 0 Å². The lowest BCUT2D eigenvalue weighted by Crippen LogP contribution is -2.31. The van der Waals surface area contributed by atoms with Crippen molar-refractivity contribution in [1.29, 1.82) is 0 Å². The number of pyridine rings is 1. The Hall–Kier alpha value is -1.58. The minimum absolute atomic E-state index is 0.501. The molecule has 21 heavy (non-hydrogen) atoms. The standard InChI is InChI=1S/C17H25NO3/c1-5-13-6-7-17(8-13,16(19)20)9-14-12(3)15(21-4)11(2)10-18-14/h10,13H,5-9H2,1-4H3,(H,19,20). The van der Waals surface area contributed by atoms with Gasteiger partial charge < -0.3 is 9.84 Å². The van der Waals surface area contributed by atoms with Gasteiger partial charge in [-0.05, 0) is 39.0 Å². The zero-order valence-electron chi connectivity index (χ0n) is 13.4. The summed E-state index contributed by atoms with van der Waals surface area (Å²) in [5, 5.41) is 9.75. The summed E-state index contributed by atoms with van der Waals surface area (Å²) >= 11 is 0. The molecule has 0 radical (unpaired) electrons.